The Balaban J connectivity index is 1.58. The number of nitrogens with zero attached hydrogens (tertiary/aromatic N) is 1. The molecule has 1 unspecified atom stereocenters. The van der Waals surface area contributed by atoms with Crippen LogP contribution < -0.4 is 10.6 Å². The van der Waals surface area contributed by atoms with E-state index < -0.39 is 0 Å². The summed E-state index contributed by atoms with van der Waals surface area (Å²) in [4.78, 5) is 28.9. The lowest BCUT2D eigenvalue weighted by Gasteiger charge is -2.48. The average molecular weight is 419 g/mol. The summed E-state index contributed by atoms with van der Waals surface area (Å²) in [5.74, 6) is -0.0697. The number of anilines is 2. The quantitative estimate of drug-likeness (QED) is 0.755. The van der Waals surface area contributed by atoms with Crippen LogP contribution in [-0.2, 0) is 14.3 Å². The first-order valence-corrected chi connectivity index (χ1v) is 11.4. The topological polar surface area (TPSA) is 72.6 Å². The van der Waals surface area contributed by atoms with Crippen LogP contribution in [0, 0.1) is 29.6 Å². The SMILES string of the molecule is C[C@H]1OC(=O)[C@H]2CC3C[C@@H](N)CC[C@H]3[C@H](C(=O)N(c3ccccc3)c3ccccc3)[C@@H]21. The van der Waals surface area contributed by atoms with Gasteiger partial charge in [0.05, 0.1) is 5.92 Å². The van der Waals surface area contributed by atoms with Gasteiger partial charge in [0, 0.05) is 29.3 Å². The molecule has 0 radical (unpaired) electrons. The lowest BCUT2D eigenvalue weighted by molar-refractivity contribution is -0.144. The minimum absolute atomic E-state index is 0.0720. The number of hydrogen-bond donors (Lipinski definition) is 1. The minimum atomic E-state index is -0.252. The standard InChI is InChI=1S/C26H30N2O3/c1-16-23-22(26(30)31-16)15-17-14-18(27)12-13-21(17)24(23)25(29)28(19-8-4-2-5-9-19)20-10-6-3-7-11-20/h2-11,16-18,21-24H,12-15,27H2,1H3/t16-,17?,18+,21-,22+,23-,24+/m1/s1. The Morgan fingerprint density at radius 2 is 1.58 bits per heavy atom. The number of para-hydroxylation sites is 2. The highest BCUT2D eigenvalue weighted by molar-refractivity contribution is 6.02. The van der Waals surface area contributed by atoms with Gasteiger partial charge in [-0.25, -0.2) is 0 Å². The van der Waals surface area contributed by atoms with Gasteiger partial charge in [0.15, 0.2) is 0 Å². The molecule has 1 aliphatic heterocycles. The van der Waals surface area contributed by atoms with Gasteiger partial charge in [0.1, 0.15) is 6.10 Å². The number of nitrogens with two attached hydrogens (primary N) is 1. The van der Waals surface area contributed by atoms with E-state index in [1.807, 2.05) is 72.5 Å². The summed E-state index contributed by atoms with van der Waals surface area (Å²) in [5.41, 5.74) is 7.99. The molecule has 5 heteroatoms. The molecule has 2 aromatic carbocycles. The third-order valence-electron chi connectivity index (χ3n) is 7.66. The maximum atomic E-state index is 14.4. The highest BCUT2D eigenvalue weighted by Crippen LogP contribution is 2.54. The van der Waals surface area contributed by atoms with E-state index in [2.05, 4.69) is 0 Å². The number of benzene rings is 2. The van der Waals surface area contributed by atoms with Gasteiger partial charge in [-0.1, -0.05) is 36.4 Å². The molecule has 2 saturated carbocycles. The van der Waals surface area contributed by atoms with Gasteiger partial charge in [-0.2, -0.15) is 0 Å². The van der Waals surface area contributed by atoms with Gasteiger partial charge in [-0.3, -0.25) is 14.5 Å². The number of amides is 1. The van der Waals surface area contributed by atoms with Crippen molar-refractivity contribution in [1.29, 1.82) is 0 Å². The van der Waals surface area contributed by atoms with Gasteiger partial charge in [0.25, 0.3) is 0 Å². The van der Waals surface area contributed by atoms with Crippen molar-refractivity contribution in [3.05, 3.63) is 60.7 Å². The fourth-order valence-corrected chi connectivity index (χ4v) is 6.36. The van der Waals surface area contributed by atoms with Crippen LogP contribution >= 0.6 is 0 Å². The van der Waals surface area contributed by atoms with Crippen molar-refractivity contribution in [3.63, 3.8) is 0 Å². The molecule has 3 aliphatic rings. The molecule has 1 saturated heterocycles. The Morgan fingerprint density at radius 1 is 0.968 bits per heavy atom. The third-order valence-corrected chi connectivity index (χ3v) is 7.66. The first-order chi connectivity index (χ1) is 15.0. The fourth-order valence-electron chi connectivity index (χ4n) is 6.36. The normalized spacial score (nSPS) is 34.4. The van der Waals surface area contributed by atoms with Crippen molar-refractivity contribution in [1.82, 2.24) is 0 Å². The molecule has 31 heavy (non-hydrogen) atoms. The van der Waals surface area contributed by atoms with Crippen molar-refractivity contribution in [2.45, 2.75) is 44.8 Å². The number of cyclic esters (lactones) is 1. The zero-order chi connectivity index (χ0) is 21.5. The molecule has 2 aromatic rings. The monoisotopic (exact) mass is 418 g/mol. The van der Waals surface area contributed by atoms with Crippen molar-refractivity contribution in [2.75, 3.05) is 4.90 Å². The van der Waals surface area contributed by atoms with Crippen LogP contribution in [0.3, 0.4) is 0 Å². The van der Waals surface area contributed by atoms with E-state index in [1.165, 1.54) is 0 Å². The van der Waals surface area contributed by atoms with Crippen LogP contribution in [0.2, 0.25) is 0 Å². The predicted octanol–water partition coefficient (Wildman–Crippen LogP) is 4.29. The zero-order valence-corrected chi connectivity index (χ0v) is 17.9. The number of hydrogen-bond acceptors (Lipinski definition) is 4. The second kappa shape index (κ2) is 8.12. The lowest BCUT2D eigenvalue weighted by Crippen LogP contribution is -2.52. The van der Waals surface area contributed by atoms with Crippen LogP contribution in [0.15, 0.2) is 60.7 Å². The Bertz CT molecular complexity index is 908. The van der Waals surface area contributed by atoms with Crippen molar-refractivity contribution in [3.8, 4) is 0 Å². The van der Waals surface area contributed by atoms with Gasteiger partial charge in [-0.05, 0) is 68.7 Å². The number of ether oxygens (including phenoxy) is 1. The molecule has 5 nitrogen and oxygen atoms in total. The molecular weight excluding hydrogens is 388 g/mol. The smallest absolute Gasteiger partial charge is 0.309 e. The molecule has 7 atom stereocenters. The minimum Gasteiger partial charge on any atom is -0.462 e. The van der Waals surface area contributed by atoms with E-state index in [4.69, 9.17) is 10.5 Å². The summed E-state index contributed by atoms with van der Waals surface area (Å²) in [6, 6.07) is 19.8. The third kappa shape index (κ3) is 3.55. The molecular formula is C26H30N2O3. The van der Waals surface area contributed by atoms with Crippen LogP contribution in [0.1, 0.15) is 32.6 Å². The molecule has 0 aromatic heterocycles. The van der Waals surface area contributed by atoms with E-state index in [0.717, 1.165) is 37.1 Å². The van der Waals surface area contributed by atoms with Crippen molar-refractivity contribution < 1.29 is 14.3 Å². The summed E-state index contributed by atoms with van der Waals surface area (Å²) in [6.07, 6.45) is 3.31. The van der Waals surface area contributed by atoms with E-state index in [0.29, 0.717) is 5.92 Å². The molecule has 0 bridgehead atoms. The lowest BCUT2D eigenvalue weighted by atomic mass is 9.56. The van der Waals surface area contributed by atoms with E-state index in [-0.39, 0.29) is 47.7 Å². The Morgan fingerprint density at radius 3 is 2.19 bits per heavy atom. The first kappa shape index (κ1) is 20.3. The summed E-state index contributed by atoms with van der Waals surface area (Å²) >= 11 is 0. The summed E-state index contributed by atoms with van der Waals surface area (Å²) in [6.45, 7) is 1.95. The number of esters is 1. The molecule has 3 fully saturated rings. The molecule has 1 amide bonds. The largest absolute Gasteiger partial charge is 0.462 e. The second-order valence-corrected chi connectivity index (χ2v) is 9.43. The number of carbonyl (C=O) groups excluding carboxylic acids is 2. The average Bonchev–Trinajstić information content (AvgIpc) is 3.06. The summed E-state index contributed by atoms with van der Waals surface area (Å²) in [7, 11) is 0. The van der Waals surface area contributed by atoms with E-state index in [1.54, 1.807) is 0 Å². The highest BCUT2D eigenvalue weighted by atomic mass is 16.6. The zero-order valence-electron chi connectivity index (χ0n) is 17.9. The maximum absolute atomic E-state index is 14.4. The Labute approximate surface area is 183 Å². The Hall–Kier alpha value is -2.66. The first-order valence-electron chi connectivity index (χ1n) is 11.4. The summed E-state index contributed by atoms with van der Waals surface area (Å²) in [5, 5.41) is 0. The molecule has 2 aliphatic carbocycles. The van der Waals surface area contributed by atoms with E-state index >= 15 is 0 Å². The highest BCUT2D eigenvalue weighted by Gasteiger charge is 2.58. The van der Waals surface area contributed by atoms with Gasteiger partial charge >= 0.3 is 5.97 Å². The number of fused-ring (bicyclic) bond motifs is 2. The predicted molar refractivity (Wildman–Crippen MR) is 119 cm³/mol. The molecule has 1 heterocycles. The molecule has 2 N–H and O–H groups in total. The molecule has 162 valence electrons. The number of carbonyl (C=O) groups is 2. The van der Waals surface area contributed by atoms with Crippen molar-refractivity contribution >= 4 is 23.3 Å². The maximum Gasteiger partial charge on any atom is 0.309 e. The van der Waals surface area contributed by atoms with E-state index in [9.17, 15) is 9.59 Å². The molecule has 5 rings (SSSR count). The number of rotatable bonds is 3. The summed E-state index contributed by atoms with van der Waals surface area (Å²) < 4.78 is 5.67. The fraction of sp³-hybridized carbons (Fsp3) is 0.462. The Kier molecular flexibility index (Phi) is 5.30. The van der Waals surface area contributed by atoms with Gasteiger partial charge in [0.2, 0.25) is 5.91 Å². The van der Waals surface area contributed by atoms with Gasteiger partial charge in [-0.15, -0.1) is 0 Å². The van der Waals surface area contributed by atoms with Gasteiger partial charge < -0.3 is 10.5 Å². The van der Waals surface area contributed by atoms with Crippen LogP contribution in [0.5, 0.6) is 0 Å². The van der Waals surface area contributed by atoms with Crippen LogP contribution in [0.25, 0.3) is 0 Å². The van der Waals surface area contributed by atoms with Crippen LogP contribution in [-0.4, -0.2) is 24.0 Å². The molecule has 0 spiro atoms. The van der Waals surface area contributed by atoms with Crippen LogP contribution in [0.4, 0.5) is 11.4 Å². The van der Waals surface area contributed by atoms with Crippen molar-refractivity contribution in [2.24, 2.45) is 35.3 Å². The second-order valence-electron chi connectivity index (χ2n) is 9.43.